The lowest BCUT2D eigenvalue weighted by molar-refractivity contribution is 0.156. The molecule has 5 nitrogen and oxygen atoms in total. The van der Waals surface area contributed by atoms with Gasteiger partial charge in [-0.2, -0.15) is 0 Å². The minimum absolute atomic E-state index is 0.00158. The van der Waals surface area contributed by atoms with Gasteiger partial charge in [0.25, 0.3) is 0 Å². The lowest BCUT2D eigenvalue weighted by Gasteiger charge is -2.25. The van der Waals surface area contributed by atoms with Gasteiger partial charge in [0.15, 0.2) is 5.82 Å². The van der Waals surface area contributed by atoms with Crippen LogP contribution in [0.3, 0.4) is 0 Å². The van der Waals surface area contributed by atoms with Crippen LogP contribution >= 0.6 is 45.8 Å². The van der Waals surface area contributed by atoms with Gasteiger partial charge in [0.1, 0.15) is 6.73 Å². The third-order valence-electron chi connectivity index (χ3n) is 3.14. The van der Waals surface area contributed by atoms with Crippen molar-refractivity contribution in [3.05, 3.63) is 19.8 Å². The van der Waals surface area contributed by atoms with Crippen LogP contribution in [-0.4, -0.2) is 40.6 Å². The Hall–Kier alpha value is 0.387. The maximum Gasteiger partial charge on any atom is 0.238 e. The average molecular weight is 525 g/mol. The number of hydrogen-bond acceptors (Lipinski definition) is 4. The van der Waals surface area contributed by atoms with Crippen LogP contribution in [0.25, 0.3) is 0 Å². The molecule has 1 aromatic heterocycles. The maximum absolute atomic E-state index is 12.6. The van der Waals surface area contributed by atoms with Gasteiger partial charge in [0.05, 0.1) is 19.4 Å². The highest BCUT2D eigenvalue weighted by atomic mass is 127. The Balaban J connectivity index is 3.05. The predicted molar refractivity (Wildman–Crippen MR) is 113 cm³/mol. The molecule has 0 aliphatic heterocycles. The van der Waals surface area contributed by atoms with Crippen LogP contribution in [0.15, 0.2) is 6.20 Å². The van der Waals surface area contributed by atoms with Crippen molar-refractivity contribution >= 4 is 69.7 Å². The first-order valence-electron chi connectivity index (χ1n) is 7.57. The highest BCUT2D eigenvalue weighted by Crippen LogP contribution is 2.34. The number of rotatable bonds is 9. The fraction of sp³-hybridized carbons (Fsp3) is 0.643. The zero-order chi connectivity index (χ0) is 18.5. The Morgan fingerprint density at radius 1 is 1.33 bits per heavy atom. The first kappa shape index (κ1) is 22.4. The van der Waals surface area contributed by atoms with Gasteiger partial charge in [-0.05, 0) is 35.1 Å². The van der Waals surface area contributed by atoms with E-state index in [4.69, 9.17) is 27.9 Å². The number of halogens is 3. The number of sulfonamides is 1. The van der Waals surface area contributed by atoms with E-state index in [9.17, 15) is 8.42 Å². The van der Waals surface area contributed by atoms with Gasteiger partial charge in [-0.15, -0.1) is 0 Å². The number of nitrogens with zero attached hydrogens (tertiary/aromatic N) is 2. The van der Waals surface area contributed by atoms with E-state index in [1.165, 1.54) is 6.20 Å². The van der Waals surface area contributed by atoms with Crippen molar-refractivity contribution in [3.8, 4) is 0 Å². The number of ether oxygens (including phenoxy) is 1. The topological polar surface area (TPSA) is 59.5 Å². The second-order valence-electron chi connectivity index (χ2n) is 6.57. The quantitative estimate of drug-likeness (QED) is 0.200. The largest absolute Gasteiger partial charge is 0.360 e. The van der Waals surface area contributed by atoms with Crippen LogP contribution in [-0.2, 0) is 14.8 Å². The number of pyridine rings is 1. The van der Waals surface area contributed by atoms with E-state index in [0.29, 0.717) is 21.6 Å². The van der Waals surface area contributed by atoms with Crippen LogP contribution < -0.4 is 4.31 Å². The van der Waals surface area contributed by atoms with Crippen molar-refractivity contribution in [2.24, 2.45) is 0 Å². The summed E-state index contributed by atoms with van der Waals surface area (Å²) in [5.74, 6) is 0.161. The van der Waals surface area contributed by atoms with Gasteiger partial charge in [0, 0.05) is 20.9 Å². The minimum Gasteiger partial charge on any atom is -0.360 e. The Bertz CT molecular complexity index is 669. The molecule has 0 aliphatic carbocycles. The molecular weight excluding hydrogens is 502 g/mol. The summed E-state index contributed by atoms with van der Waals surface area (Å²) in [5.41, 5.74) is 0. The van der Waals surface area contributed by atoms with Crippen LogP contribution in [0.5, 0.6) is 0 Å². The maximum atomic E-state index is 12.6. The molecule has 1 aromatic rings. The van der Waals surface area contributed by atoms with Crippen molar-refractivity contribution in [3.63, 3.8) is 0 Å². The normalized spacial score (nSPS) is 12.5. The molecule has 0 N–H and O–H groups in total. The third kappa shape index (κ3) is 6.60. The summed E-state index contributed by atoms with van der Waals surface area (Å²) >= 11 is 14.2. The zero-order valence-corrected chi connectivity index (χ0v) is 19.8. The SMILES string of the molecule is CCCS(=O)(=O)N(COCC[Si](C)(C)C)c1ncc(Cl)c(I)c1Cl. The summed E-state index contributed by atoms with van der Waals surface area (Å²) in [5, 5.41) is 0.605. The Morgan fingerprint density at radius 2 is 1.96 bits per heavy atom. The highest BCUT2D eigenvalue weighted by molar-refractivity contribution is 14.1. The molecule has 0 spiro atoms. The summed E-state index contributed by atoms with van der Waals surface area (Å²) < 4.78 is 32.5. The summed E-state index contributed by atoms with van der Waals surface area (Å²) in [7, 11) is -4.82. The summed E-state index contributed by atoms with van der Waals surface area (Å²) in [6.45, 7) is 8.93. The molecule has 0 radical (unpaired) electrons. The van der Waals surface area contributed by atoms with Crippen molar-refractivity contribution in [1.29, 1.82) is 0 Å². The molecule has 0 atom stereocenters. The van der Waals surface area contributed by atoms with Crippen molar-refractivity contribution in [1.82, 2.24) is 4.98 Å². The second-order valence-corrected chi connectivity index (χ2v) is 16.1. The smallest absolute Gasteiger partial charge is 0.238 e. The van der Waals surface area contributed by atoms with Crippen molar-refractivity contribution < 1.29 is 13.2 Å². The van der Waals surface area contributed by atoms with E-state index in [0.717, 1.165) is 10.3 Å². The molecular formula is C14H23Cl2IN2O3SSi. The number of aromatic nitrogens is 1. The third-order valence-corrected chi connectivity index (χ3v) is 9.12. The molecule has 1 rings (SSSR count). The zero-order valence-electron chi connectivity index (χ0n) is 14.3. The first-order chi connectivity index (χ1) is 11.0. The molecule has 1 heterocycles. The Morgan fingerprint density at radius 3 is 2.50 bits per heavy atom. The van der Waals surface area contributed by atoms with Crippen molar-refractivity contribution in [2.45, 2.75) is 39.0 Å². The van der Waals surface area contributed by atoms with Crippen molar-refractivity contribution in [2.75, 3.05) is 23.4 Å². The standard InChI is InChI=1S/C14H23Cl2IN2O3SSi/c1-5-7-23(20,21)19(10-22-6-8-24(2,3)4)14-12(16)13(17)11(15)9-18-14/h9H,5-8,10H2,1-4H3. The Kier molecular flexibility index (Phi) is 8.75. The molecule has 0 bridgehead atoms. The summed E-state index contributed by atoms with van der Waals surface area (Å²) in [6.07, 6.45) is 1.90. The van der Waals surface area contributed by atoms with Gasteiger partial charge in [-0.25, -0.2) is 17.7 Å². The second kappa shape index (κ2) is 9.36. The van der Waals surface area contributed by atoms with Crippen LogP contribution in [0.2, 0.25) is 35.7 Å². The summed E-state index contributed by atoms with van der Waals surface area (Å²) in [4.78, 5) is 4.12. The van der Waals surface area contributed by atoms with E-state index < -0.39 is 18.1 Å². The molecule has 0 saturated carbocycles. The average Bonchev–Trinajstić information content (AvgIpc) is 2.45. The highest BCUT2D eigenvalue weighted by Gasteiger charge is 2.27. The number of hydrogen-bond donors (Lipinski definition) is 0. The van der Waals surface area contributed by atoms with E-state index >= 15 is 0 Å². The van der Waals surface area contributed by atoms with E-state index in [1.807, 2.05) is 29.5 Å². The van der Waals surface area contributed by atoms with Gasteiger partial charge < -0.3 is 4.74 Å². The van der Waals surface area contributed by atoms with E-state index in [2.05, 4.69) is 24.6 Å². The molecule has 0 fully saturated rings. The molecule has 10 heteroatoms. The van der Waals surface area contributed by atoms with Crippen LogP contribution in [0, 0.1) is 3.57 Å². The minimum atomic E-state index is -3.57. The van der Waals surface area contributed by atoms with Crippen LogP contribution in [0.4, 0.5) is 5.82 Å². The van der Waals surface area contributed by atoms with Gasteiger partial charge in [-0.1, -0.05) is 49.8 Å². The number of anilines is 1. The van der Waals surface area contributed by atoms with E-state index in [-0.39, 0.29) is 23.3 Å². The Labute approximate surface area is 169 Å². The molecule has 0 saturated heterocycles. The molecule has 0 aliphatic rings. The van der Waals surface area contributed by atoms with Gasteiger partial charge >= 0.3 is 0 Å². The molecule has 0 unspecified atom stereocenters. The molecule has 0 amide bonds. The van der Waals surface area contributed by atoms with E-state index in [1.54, 1.807) is 0 Å². The first-order valence-corrected chi connectivity index (χ1v) is 14.7. The van der Waals surface area contributed by atoms with Gasteiger partial charge in [0.2, 0.25) is 10.0 Å². The van der Waals surface area contributed by atoms with Crippen LogP contribution in [0.1, 0.15) is 13.3 Å². The lowest BCUT2D eigenvalue weighted by atomic mass is 10.4. The molecule has 24 heavy (non-hydrogen) atoms. The predicted octanol–water partition coefficient (Wildman–Crippen LogP) is 4.85. The van der Waals surface area contributed by atoms with Gasteiger partial charge in [-0.3, -0.25) is 0 Å². The fourth-order valence-electron chi connectivity index (χ4n) is 1.78. The molecule has 0 aromatic carbocycles. The molecule has 138 valence electrons. The lowest BCUT2D eigenvalue weighted by Crippen LogP contribution is -2.36. The fourth-order valence-corrected chi connectivity index (χ4v) is 4.78. The summed E-state index contributed by atoms with van der Waals surface area (Å²) in [6, 6.07) is 0.952. The monoisotopic (exact) mass is 524 g/mol.